The molecule has 1 aliphatic rings. The Morgan fingerprint density at radius 2 is 2.17 bits per heavy atom. The van der Waals surface area contributed by atoms with Gasteiger partial charge in [0.1, 0.15) is 5.52 Å². The minimum Gasteiger partial charge on any atom is -0.365 e. The van der Waals surface area contributed by atoms with Crippen LogP contribution in [-0.2, 0) is 0 Å². The van der Waals surface area contributed by atoms with E-state index in [2.05, 4.69) is 29.2 Å². The Kier molecular flexibility index (Phi) is 2.94. The van der Waals surface area contributed by atoms with E-state index >= 15 is 0 Å². The summed E-state index contributed by atoms with van der Waals surface area (Å²) in [7, 11) is 0. The van der Waals surface area contributed by atoms with E-state index in [0.717, 1.165) is 17.3 Å². The molecule has 2 aromatic heterocycles. The van der Waals surface area contributed by atoms with Gasteiger partial charge in [0, 0.05) is 18.4 Å². The summed E-state index contributed by atoms with van der Waals surface area (Å²) in [4.78, 5) is 4.46. The third kappa shape index (κ3) is 1.96. The van der Waals surface area contributed by atoms with E-state index in [4.69, 9.17) is 0 Å². The molecule has 3 atom stereocenters. The average Bonchev–Trinajstić information content (AvgIpc) is 2.84. The number of hydrogen-bond acceptors (Lipinski definition) is 3. The van der Waals surface area contributed by atoms with Crippen molar-refractivity contribution in [3.8, 4) is 0 Å². The molecule has 0 aromatic carbocycles. The van der Waals surface area contributed by atoms with Crippen molar-refractivity contribution in [2.45, 2.75) is 39.2 Å². The van der Waals surface area contributed by atoms with Gasteiger partial charge in [0.2, 0.25) is 0 Å². The molecule has 0 bridgehead atoms. The molecule has 1 saturated carbocycles. The highest BCUT2D eigenvalue weighted by atomic mass is 15.2. The van der Waals surface area contributed by atoms with Gasteiger partial charge in [-0.1, -0.05) is 26.7 Å². The fourth-order valence-electron chi connectivity index (χ4n) is 2.93. The van der Waals surface area contributed by atoms with Crippen molar-refractivity contribution >= 4 is 11.3 Å². The van der Waals surface area contributed by atoms with Crippen LogP contribution in [0.3, 0.4) is 0 Å². The SMILES string of the molecule is CC1CCCC(Nc2nccn3nccc23)C1C. The zero-order valence-corrected chi connectivity index (χ0v) is 11.0. The van der Waals surface area contributed by atoms with Crippen molar-refractivity contribution in [3.63, 3.8) is 0 Å². The Morgan fingerprint density at radius 1 is 1.28 bits per heavy atom. The Labute approximate surface area is 107 Å². The van der Waals surface area contributed by atoms with Gasteiger partial charge in [-0.15, -0.1) is 0 Å². The van der Waals surface area contributed by atoms with Crippen molar-refractivity contribution < 1.29 is 0 Å². The van der Waals surface area contributed by atoms with Gasteiger partial charge in [-0.05, 0) is 24.3 Å². The summed E-state index contributed by atoms with van der Waals surface area (Å²) in [5.41, 5.74) is 1.06. The molecule has 0 aliphatic heterocycles. The van der Waals surface area contributed by atoms with Crippen LogP contribution in [0, 0.1) is 11.8 Å². The molecule has 2 aromatic rings. The molecule has 2 heterocycles. The van der Waals surface area contributed by atoms with Gasteiger partial charge in [0.25, 0.3) is 0 Å². The molecule has 3 unspecified atom stereocenters. The van der Waals surface area contributed by atoms with E-state index in [1.54, 1.807) is 6.20 Å². The summed E-state index contributed by atoms with van der Waals surface area (Å²) in [6, 6.07) is 2.54. The molecular weight excluding hydrogens is 224 g/mol. The Bertz CT molecular complexity index is 533. The summed E-state index contributed by atoms with van der Waals surface area (Å²) in [6.45, 7) is 4.70. The largest absolute Gasteiger partial charge is 0.365 e. The molecule has 0 amide bonds. The first-order valence-electron chi connectivity index (χ1n) is 6.80. The van der Waals surface area contributed by atoms with Crippen molar-refractivity contribution in [1.82, 2.24) is 14.6 Å². The lowest BCUT2D eigenvalue weighted by Crippen LogP contribution is -2.35. The molecule has 0 radical (unpaired) electrons. The predicted octanol–water partition coefficient (Wildman–Crippen LogP) is 2.97. The molecule has 18 heavy (non-hydrogen) atoms. The van der Waals surface area contributed by atoms with Crippen LogP contribution in [0.25, 0.3) is 5.52 Å². The van der Waals surface area contributed by atoms with E-state index in [1.807, 2.05) is 23.0 Å². The topological polar surface area (TPSA) is 42.2 Å². The Morgan fingerprint density at radius 3 is 3.06 bits per heavy atom. The van der Waals surface area contributed by atoms with E-state index in [0.29, 0.717) is 12.0 Å². The number of fused-ring (bicyclic) bond motifs is 1. The third-order valence-electron chi connectivity index (χ3n) is 4.35. The Balaban J connectivity index is 1.85. The highest BCUT2D eigenvalue weighted by molar-refractivity contribution is 5.67. The van der Waals surface area contributed by atoms with Crippen LogP contribution in [0.2, 0.25) is 0 Å². The number of nitrogens with one attached hydrogen (secondary N) is 1. The summed E-state index contributed by atoms with van der Waals surface area (Å²) in [5.74, 6) is 2.45. The number of aromatic nitrogens is 3. The van der Waals surface area contributed by atoms with Crippen LogP contribution in [0.4, 0.5) is 5.82 Å². The molecule has 4 heteroatoms. The van der Waals surface area contributed by atoms with Crippen LogP contribution in [0.15, 0.2) is 24.7 Å². The van der Waals surface area contributed by atoms with E-state index in [9.17, 15) is 0 Å². The zero-order valence-electron chi connectivity index (χ0n) is 11.0. The summed E-state index contributed by atoms with van der Waals surface area (Å²) in [6.07, 6.45) is 9.40. The third-order valence-corrected chi connectivity index (χ3v) is 4.35. The zero-order chi connectivity index (χ0) is 12.5. The van der Waals surface area contributed by atoms with Gasteiger partial charge >= 0.3 is 0 Å². The smallest absolute Gasteiger partial charge is 0.152 e. The monoisotopic (exact) mass is 244 g/mol. The summed E-state index contributed by atoms with van der Waals surface area (Å²) < 4.78 is 1.87. The second-order valence-electron chi connectivity index (χ2n) is 5.46. The Hall–Kier alpha value is -1.58. The molecule has 3 rings (SSSR count). The van der Waals surface area contributed by atoms with Crippen molar-refractivity contribution in [3.05, 3.63) is 24.7 Å². The minimum atomic E-state index is 0.530. The second-order valence-corrected chi connectivity index (χ2v) is 5.46. The van der Waals surface area contributed by atoms with Gasteiger partial charge in [0.05, 0.1) is 6.20 Å². The second kappa shape index (κ2) is 4.59. The lowest BCUT2D eigenvalue weighted by Gasteiger charge is -2.35. The number of anilines is 1. The fourth-order valence-corrected chi connectivity index (χ4v) is 2.93. The van der Waals surface area contributed by atoms with Crippen LogP contribution < -0.4 is 5.32 Å². The predicted molar refractivity (Wildman–Crippen MR) is 72.6 cm³/mol. The standard InChI is InChI=1S/C14H20N4/c1-10-4-3-5-12(11(10)2)17-14-13-6-7-16-18(13)9-8-15-14/h6-12H,3-5H2,1-2H3,(H,15,17). The highest BCUT2D eigenvalue weighted by Crippen LogP contribution is 2.31. The first kappa shape index (κ1) is 11.5. The van der Waals surface area contributed by atoms with Crippen LogP contribution in [0.5, 0.6) is 0 Å². The van der Waals surface area contributed by atoms with Crippen LogP contribution in [0.1, 0.15) is 33.1 Å². The molecular formula is C14H20N4. The van der Waals surface area contributed by atoms with Gasteiger partial charge in [-0.25, -0.2) is 9.50 Å². The van der Waals surface area contributed by atoms with Gasteiger partial charge in [-0.3, -0.25) is 0 Å². The van der Waals surface area contributed by atoms with Crippen LogP contribution >= 0.6 is 0 Å². The average molecular weight is 244 g/mol. The minimum absolute atomic E-state index is 0.530. The molecule has 4 nitrogen and oxygen atoms in total. The summed E-state index contributed by atoms with van der Waals surface area (Å²) in [5, 5.41) is 7.86. The van der Waals surface area contributed by atoms with E-state index in [1.165, 1.54) is 19.3 Å². The molecule has 0 saturated heterocycles. The summed E-state index contributed by atoms with van der Waals surface area (Å²) >= 11 is 0. The number of rotatable bonds is 2. The highest BCUT2D eigenvalue weighted by Gasteiger charge is 2.27. The maximum Gasteiger partial charge on any atom is 0.152 e. The first-order chi connectivity index (χ1) is 8.75. The molecule has 1 aliphatic carbocycles. The fraction of sp³-hybridized carbons (Fsp3) is 0.571. The quantitative estimate of drug-likeness (QED) is 0.883. The van der Waals surface area contributed by atoms with Crippen molar-refractivity contribution in [2.24, 2.45) is 11.8 Å². The molecule has 0 spiro atoms. The molecule has 1 N–H and O–H groups in total. The van der Waals surface area contributed by atoms with E-state index < -0.39 is 0 Å². The maximum absolute atomic E-state index is 4.46. The lowest BCUT2D eigenvalue weighted by molar-refractivity contribution is 0.253. The van der Waals surface area contributed by atoms with Crippen LogP contribution in [-0.4, -0.2) is 20.6 Å². The van der Waals surface area contributed by atoms with Crippen molar-refractivity contribution in [2.75, 3.05) is 5.32 Å². The van der Waals surface area contributed by atoms with E-state index in [-0.39, 0.29) is 0 Å². The number of nitrogens with zero attached hydrogens (tertiary/aromatic N) is 3. The van der Waals surface area contributed by atoms with Gasteiger partial charge in [-0.2, -0.15) is 5.10 Å². The van der Waals surface area contributed by atoms with Gasteiger partial charge < -0.3 is 5.32 Å². The molecule has 1 fully saturated rings. The normalized spacial score (nSPS) is 28.4. The van der Waals surface area contributed by atoms with Crippen molar-refractivity contribution in [1.29, 1.82) is 0 Å². The molecule has 96 valence electrons. The maximum atomic E-state index is 4.46. The van der Waals surface area contributed by atoms with Gasteiger partial charge in [0.15, 0.2) is 5.82 Å². The number of hydrogen-bond donors (Lipinski definition) is 1. The lowest BCUT2D eigenvalue weighted by atomic mass is 9.78. The first-order valence-corrected chi connectivity index (χ1v) is 6.80.